The third-order valence-corrected chi connectivity index (χ3v) is 9.14. The zero-order valence-corrected chi connectivity index (χ0v) is 13.1. The first-order chi connectivity index (χ1) is 10.3. The lowest BCUT2D eigenvalue weighted by Crippen LogP contribution is -2.29. The summed E-state index contributed by atoms with van der Waals surface area (Å²) in [6.07, 6.45) is 5.09. The molecule has 108 valence electrons. The fraction of sp³-hybridized carbons (Fsp3) is 0.368. The lowest BCUT2D eigenvalue weighted by atomic mass is 10.0. The molecule has 2 saturated carbocycles. The molecule has 0 heterocycles. The molecule has 1 nitrogen and oxygen atoms in total. The molecule has 0 amide bonds. The van der Waals surface area contributed by atoms with Gasteiger partial charge in [-0.05, 0) is 31.1 Å². The van der Waals surface area contributed by atoms with Crippen LogP contribution in [0.5, 0.6) is 0 Å². The quantitative estimate of drug-likeness (QED) is 0.776. The Morgan fingerprint density at radius 1 is 0.762 bits per heavy atom. The highest BCUT2D eigenvalue weighted by atomic mass is 31.2. The molecule has 2 fully saturated rings. The van der Waals surface area contributed by atoms with Gasteiger partial charge >= 0.3 is 0 Å². The SMILES string of the molecule is O=P(c1ccccc1)(c1ccccc1)C1CC2CCC1C2. The predicted octanol–water partition coefficient (Wildman–Crippen LogP) is 4.19. The van der Waals surface area contributed by atoms with Crippen LogP contribution in [0, 0.1) is 11.8 Å². The Morgan fingerprint density at radius 3 is 1.76 bits per heavy atom. The first-order valence-electron chi connectivity index (χ1n) is 7.99. The third kappa shape index (κ3) is 2.10. The lowest BCUT2D eigenvalue weighted by Gasteiger charge is -2.31. The Morgan fingerprint density at radius 2 is 1.33 bits per heavy atom. The summed E-state index contributed by atoms with van der Waals surface area (Å²) >= 11 is 0. The number of rotatable bonds is 3. The Hall–Kier alpha value is -1.33. The molecule has 0 radical (unpaired) electrons. The second-order valence-corrected chi connectivity index (χ2v) is 9.58. The molecule has 0 N–H and O–H groups in total. The van der Waals surface area contributed by atoms with E-state index in [0.717, 1.165) is 22.9 Å². The van der Waals surface area contributed by atoms with Gasteiger partial charge in [-0.25, -0.2) is 0 Å². The van der Waals surface area contributed by atoms with E-state index in [4.69, 9.17) is 0 Å². The van der Waals surface area contributed by atoms with E-state index in [-0.39, 0.29) is 0 Å². The summed E-state index contributed by atoms with van der Waals surface area (Å²) < 4.78 is 14.2. The zero-order valence-electron chi connectivity index (χ0n) is 12.2. The summed E-state index contributed by atoms with van der Waals surface area (Å²) in [5.74, 6) is 1.49. The van der Waals surface area contributed by atoms with Crippen molar-refractivity contribution in [2.24, 2.45) is 11.8 Å². The molecular formula is C19H21OP. The van der Waals surface area contributed by atoms with Crippen molar-refractivity contribution >= 4 is 17.8 Å². The Kier molecular flexibility index (Phi) is 3.27. The normalized spacial score (nSPS) is 27.9. The van der Waals surface area contributed by atoms with Crippen molar-refractivity contribution in [2.75, 3.05) is 0 Å². The highest BCUT2D eigenvalue weighted by Gasteiger charge is 2.49. The predicted molar refractivity (Wildman–Crippen MR) is 89.0 cm³/mol. The van der Waals surface area contributed by atoms with Gasteiger partial charge in [0, 0.05) is 16.3 Å². The molecule has 0 aromatic heterocycles. The number of fused-ring (bicyclic) bond motifs is 2. The van der Waals surface area contributed by atoms with E-state index in [1.165, 1.54) is 19.3 Å². The summed E-state index contributed by atoms with van der Waals surface area (Å²) in [7, 11) is -2.51. The van der Waals surface area contributed by atoms with Gasteiger partial charge < -0.3 is 4.57 Å². The number of hydrogen-bond donors (Lipinski definition) is 0. The fourth-order valence-corrected chi connectivity index (χ4v) is 8.24. The van der Waals surface area contributed by atoms with Gasteiger partial charge in [0.2, 0.25) is 0 Å². The zero-order chi connectivity index (χ0) is 14.3. The number of hydrogen-bond acceptors (Lipinski definition) is 1. The molecule has 2 aromatic rings. The first-order valence-corrected chi connectivity index (χ1v) is 9.77. The van der Waals surface area contributed by atoms with Crippen LogP contribution in [-0.2, 0) is 4.57 Å². The van der Waals surface area contributed by atoms with Gasteiger partial charge in [0.15, 0.2) is 0 Å². The molecule has 2 aromatic carbocycles. The van der Waals surface area contributed by atoms with Crippen LogP contribution in [0.15, 0.2) is 60.7 Å². The second-order valence-electron chi connectivity index (χ2n) is 6.57. The van der Waals surface area contributed by atoms with Gasteiger partial charge in [0.05, 0.1) is 0 Å². The van der Waals surface area contributed by atoms with Crippen LogP contribution in [0.3, 0.4) is 0 Å². The van der Waals surface area contributed by atoms with Crippen LogP contribution in [0.4, 0.5) is 0 Å². The molecule has 21 heavy (non-hydrogen) atoms. The van der Waals surface area contributed by atoms with Crippen molar-refractivity contribution in [1.29, 1.82) is 0 Å². The van der Waals surface area contributed by atoms with Crippen molar-refractivity contribution in [1.82, 2.24) is 0 Å². The summed E-state index contributed by atoms with van der Waals surface area (Å²) in [6, 6.07) is 20.4. The Labute approximate surface area is 126 Å². The van der Waals surface area contributed by atoms with Crippen molar-refractivity contribution in [3.8, 4) is 0 Å². The molecule has 0 saturated heterocycles. The molecule has 0 aliphatic heterocycles. The molecule has 4 rings (SSSR count). The van der Waals surface area contributed by atoms with E-state index in [1.807, 2.05) is 36.4 Å². The van der Waals surface area contributed by atoms with Gasteiger partial charge in [-0.15, -0.1) is 0 Å². The van der Waals surface area contributed by atoms with Crippen LogP contribution in [0.2, 0.25) is 0 Å². The first kappa shape index (κ1) is 13.3. The maximum absolute atomic E-state index is 14.2. The van der Waals surface area contributed by atoms with Crippen LogP contribution in [0.1, 0.15) is 25.7 Å². The van der Waals surface area contributed by atoms with E-state index in [9.17, 15) is 4.57 Å². The summed E-state index contributed by atoms with van der Waals surface area (Å²) in [5, 5.41) is 2.10. The Balaban J connectivity index is 1.85. The van der Waals surface area contributed by atoms with E-state index in [1.54, 1.807) is 0 Å². The van der Waals surface area contributed by atoms with Gasteiger partial charge in [-0.3, -0.25) is 0 Å². The molecule has 2 bridgehead atoms. The van der Waals surface area contributed by atoms with Crippen LogP contribution >= 0.6 is 7.14 Å². The molecule has 0 spiro atoms. The maximum Gasteiger partial charge on any atom is 0.146 e. The molecule has 2 aliphatic carbocycles. The standard InChI is InChI=1S/C19H21OP/c20-21(17-7-3-1-4-8-17,18-9-5-2-6-10-18)19-14-15-11-12-16(19)13-15/h1-10,15-16,19H,11-14H2. The summed E-state index contributed by atoms with van der Waals surface area (Å²) in [4.78, 5) is 0. The van der Waals surface area contributed by atoms with Gasteiger partial charge in [0.1, 0.15) is 7.14 Å². The third-order valence-electron chi connectivity index (χ3n) is 5.45. The van der Waals surface area contributed by atoms with Crippen LogP contribution in [-0.4, -0.2) is 5.66 Å². The molecule has 2 heteroatoms. The van der Waals surface area contributed by atoms with Crippen molar-refractivity contribution in [3.63, 3.8) is 0 Å². The van der Waals surface area contributed by atoms with Crippen LogP contribution < -0.4 is 10.6 Å². The van der Waals surface area contributed by atoms with E-state index in [0.29, 0.717) is 11.6 Å². The topological polar surface area (TPSA) is 17.1 Å². The van der Waals surface area contributed by atoms with Crippen LogP contribution in [0.25, 0.3) is 0 Å². The van der Waals surface area contributed by atoms with E-state index in [2.05, 4.69) is 24.3 Å². The van der Waals surface area contributed by atoms with Crippen molar-refractivity contribution in [2.45, 2.75) is 31.3 Å². The van der Waals surface area contributed by atoms with Crippen molar-refractivity contribution < 1.29 is 4.57 Å². The van der Waals surface area contributed by atoms with Gasteiger partial charge in [-0.2, -0.15) is 0 Å². The summed E-state index contributed by atoms with van der Waals surface area (Å²) in [6.45, 7) is 0. The van der Waals surface area contributed by atoms with E-state index >= 15 is 0 Å². The molecule has 3 atom stereocenters. The smallest absolute Gasteiger partial charge is 0.146 e. The minimum absolute atomic E-state index is 0.362. The monoisotopic (exact) mass is 296 g/mol. The van der Waals surface area contributed by atoms with Gasteiger partial charge in [0.25, 0.3) is 0 Å². The lowest BCUT2D eigenvalue weighted by molar-refractivity contribution is 0.470. The molecule has 3 unspecified atom stereocenters. The minimum atomic E-state index is -2.51. The highest BCUT2D eigenvalue weighted by Crippen LogP contribution is 2.62. The number of benzene rings is 2. The largest absolute Gasteiger partial charge is 0.313 e. The summed E-state index contributed by atoms with van der Waals surface area (Å²) in [5.41, 5.74) is 0.362. The average Bonchev–Trinajstić information content (AvgIpc) is 3.19. The second kappa shape index (κ2) is 5.14. The molecular weight excluding hydrogens is 275 g/mol. The van der Waals surface area contributed by atoms with Crippen molar-refractivity contribution in [3.05, 3.63) is 60.7 Å². The maximum atomic E-state index is 14.2. The van der Waals surface area contributed by atoms with Gasteiger partial charge in [-0.1, -0.05) is 67.1 Å². The highest BCUT2D eigenvalue weighted by molar-refractivity contribution is 7.79. The fourth-order valence-electron chi connectivity index (χ4n) is 4.49. The Bertz CT molecular complexity index is 621. The average molecular weight is 296 g/mol. The molecule has 2 aliphatic rings. The van der Waals surface area contributed by atoms with E-state index < -0.39 is 7.14 Å². The minimum Gasteiger partial charge on any atom is -0.313 e.